The van der Waals surface area contributed by atoms with E-state index < -0.39 is 5.91 Å². The second kappa shape index (κ2) is 9.62. The van der Waals surface area contributed by atoms with E-state index in [2.05, 4.69) is 26.5 Å². The number of hydrazone groups is 1. The van der Waals surface area contributed by atoms with Crippen molar-refractivity contribution < 1.29 is 18.7 Å². The molecule has 0 spiro atoms. The molecule has 0 saturated carbocycles. The van der Waals surface area contributed by atoms with Gasteiger partial charge in [0.05, 0.1) is 24.4 Å². The zero-order valence-corrected chi connectivity index (χ0v) is 18.1. The standard InChI is InChI=1S/C21H18BrClN2O4/c1-3-28-20-17(22)10-14(11-19(20)27-2)21(26)25-24-12-16-7-8-18(29-16)13-5-4-6-15(23)9-13/h4-12H,3H2,1-2H3,(H,25,26). The average Bonchev–Trinajstić information content (AvgIpc) is 3.18. The Labute approximate surface area is 181 Å². The fraction of sp³-hybridized carbons (Fsp3) is 0.143. The Hall–Kier alpha value is -2.77. The van der Waals surface area contributed by atoms with Crippen molar-refractivity contribution >= 4 is 39.7 Å². The van der Waals surface area contributed by atoms with Crippen LogP contribution in [0.25, 0.3) is 11.3 Å². The number of hydrogen-bond donors (Lipinski definition) is 1. The predicted octanol–water partition coefficient (Wildman–Crippen LogP) is 5.53. The number of methoxy groups -OCH3 is 1. The molecule has 6 nitrogen and oxygen atoms in total. The first-order valence-electron chi connectivity index (χ1n) is 8.71. The Morgan fingerprint density at radius 1 is 1.28 bits per heavy atom. The molecule has 3 aromatic rings. The molecule has 2 aromatic carbocycles. The van der Waals surface area contributed by atoms with Gasteiger partial charge in [-0.3, -0.25) is 4.79 Å². The highest BCUT2D eigenvalue weighted by Gasteiger charge is 2.15. The van der Waals surface area contributed by atoms with Gasteiger partial charge in [0.25, 0.3) is 5.91 Å². The molecule has 0 saturated heterocycles. The molecule has 0 aliphatic heterocycles. The largest absolute Gasteiger partial charge is 0.493 e. The molecule has 29 heavy (non-hydrogen) atoms. The van der Waals surface area contributed by atoms with Crippen molar-refractivity contribution in [2.24, 2.45) is 5.10 Å². The van der Waals surface area contributed by atoms with Gasteiger partial charge in [0, 0.05) is 16.1 Å². The molecule has 3 rings (SSSR count). The fourth-order valence-corrected chi connectivity index (χ4v) is 3.32. The lowest BCUT2D eigenvalue weighted by Crippen LogP contribution is -2.17. The summed E-state index contributed by atoms with van der Waals surface area (Å²) >= 11 is 9.40. The molecule has 8 heteroatoms. The summed E-state index contributed by atoms with van der Waals surface area (Å²) in [6.07, 6.45) is 1.42. The molecule has 0 bridgehead atoms. The van der Waals surface area contributed by atoms with Crippen molar-refractivity contribution in [3.05, 3.63) is 69.3 Å². The summed E-state index contributed by atoms with van der Waals surface area (Å²) in [7, 11) is 1.51. The van der Waals surface area contributed by atoms with E-state index in [-0.39, 0.29) is 0 Å². The minimum absolute atomic E-state index is 0.369. The first-order chi connectivity index (χ1) is 14.0. The maximum absolute atomic E-state index is 12.4. The van der Waals surface area contributed by atoms with Gasteiger partial charge in [-0.15, -0.1) is 0 Å². The first-order valence-corrected chi connectivity index (χ1v) is 9.88. The van der Waals surface area contributed by atoms with Crippen LogP contribution in [0.5, 0.6) is 11.5 Å². The van der Waals surface area contributed by atoms with Crippen molar-refractivity contribution in [2.45, 2.75) is 6.92 Å². The van der Waals surface area contributed by atoms with Crippen LogP contribution in [0.1, 0.15) is 23.0 Å². The Kier molecular flexibility index (Phi) is 6.95. The quantitative estimate of drug-likeness (QED) is 0.358. The van der Waals surface area contributed by atoms with Gasteiger partial charge in [0.1, 0.15) is 11.5 Å². The number of rotatable bonds is 7. The normalized spacial score (nSPS) is 10.9. The second-order valence-electron chi connectivity index (χ2n) is 5.83. The monoisotopic (exact) mass is 476 g/mol. The zero-order chi connectivity index (χ0) is 20.8. The number of nitrogens with zero attached hydrogens (tertiary/aromatic N) is 1. The highest BCUT2D eigenvalue weighted by atomic mass is 79.9. The van der Waals surface area contributed by atoms with Crippen LogP contribution in [-0.2, 0) is 0 Å². The van der Waals surface area contributed by atoms with Crippen molar-refractivity contribution in [3.63, 3.8) is 0 Å². The summed E-state index contributed by atoms with van der Waals surface area (Å²) in [6.45, 7) is 2.35. The number of hydrogen-bond acceptors (Lipinski definition) is 5. The number of carbonyl (C=O) groups excluding carboxylic acids is 1. The van der Waals surface area contributed by atoms with Gasteiger partial charge in [-0.1, -0.05) is 23.7 Å². The molecule has 1 heterocycles. The third-order valence-corrected chi connectivity index (χ3v) is 4.70. The van der Waals surface area contributed by atoms with E-state index >= 15 is 0 Å². The lowest BCUT2D eigenvalue weighted by molar-refractivity contribution is 0.0954. The summed E-state index contributed by atoms with van der Waals surface area (Å²) in [5.74, 6) is 1.74. The molecule has 0 atom stereocenters. The number of furan rings is 1. The maximum Gasteiger partial charge on any atom is 0.271 e. The minimum atomic E-state index is -0.398. The van der Waals surface area contributed by atoms with Gasteiger partial charge >= 0.3 is 0 Å². The van der Waals surface area contributed by atoms with Crippen molar-refractivity contribution in [1.82, 2.24) is 5.43 Å². The molecule has 1 amide bonds. The summed E-state index contributed by atoms with van der Waals surface area (Å²) in [6, 6.07) is 14.1. The van der Waals surface area contributed by atoms with Crippen LogP contribution in [0.3, 0.4) is 0 Å². The van der Waals surface area contributed by atoms with Gasteiger partial charge in [0.2, 0.25) is 0 Å². The molecule has 0 fully saturated rings. The number of nitrogens with one attached hydrogen (secondary N) is 1. The Bertz CT molecular complexity index is 1050. The summed E-state index contributed by atoms with van der Waals surface area (Å²) < 4.78 is 17.1. The first kappa shape index (κ1) is 21.0. The van der Waals surface area contributed by atoms with Gasteiger partial charge < -0.3 is 13.9 Å². The summed E-state index contributed by atoms with van der Waals surface area (Å²) in [5, 5.41) is 4.58. The predicted molar refractivity (Wildman–Crippen MR) is 116 cm³/mol. The summed E-state index contributed by atoms with van der Waals surface area (Å²) in [4.78, 5) is 12.4. The highest BCUT2D eigenvalue weighted by molar-refractivity contribution is 9.10. The van der Waals surface area contributed by atoms with Crippen molar-refractivity contribution in [2.75, 3.05) is 13.7 Å². The van der Waals surface area contributed by atoms with E-state index in [9.17, 15) is 4.79 Å². The van der Waals surface area contributed by atoms with Crippen LogP contribution in [-0.4, -0.2) is 25.8 Å². The minimum Gasteiger partial charge on any atom is -0.493 e. The van der Waals surface area contributed by atoms with E-state index in [4.69, 9.17) is 25.5 Å². The summed E-state index contributed by atoms with van der Waals surface area (Å²) in [5.41, 5.74) is 3.69. The average molecular weight is 478 g/mol. The zero-order valence-electron chi connectivity index (χ0n) is 15.7. The van der Waals surface area contributed by atoms with Crippen LogP contribution in [0.2, 0.25) is 5.02 Å². The van der Waals surface area contributed by atoms with Gasteiger partial charge in [0.15, 0.2) is 11.5 Å². The lowest BCUT2D eigenvalue weighted by atomic mass is 10.2. The van der Waals surface area contributed by atoms with Crippen LogP contribution in [0, 0.1) is 0 Å². The fourth-order valence-electron chi connectivity index (χ4n) is 2.57. The topological polar surface area (TPSA) is 73.1 Å². The molecule has 0 radical (unpaired) electrons. The van der Waals surface area contributed by atoms with E-state index in [1.165, 1.54) is 13.3 Å². The third-order valence-electron chi connectivity index (χ3n) is 3.87. The Morgan fingerprint density at radius 2 is 2.10 bits per heavy atom. The number of benzene rings is 2. The number of ether oxygens (including phenoxy) is 2. The molecule has 0 aliphatic rings. The van der Waals surface area contributed by atoms with Crippen molar-refractivity contribution in [3.8, 4) is 22.8 Å². The SMILES string of the molecule is CCOc1c(Br)cc(C(=O)NN=Cc2ccc(-c3cccc(Cl)c3)o2)cc1OC. The number of carbonyl (C=O) groups is 1. The van der Waals surface area contributed by atoms with Crippen molar-refractivity contribution in [1.29, 1.82) is 0 Å². The molecular formula is C21H18BrClN2O4. The Balaban J connectivity index is 1.69. The maximum atomic E-state index is 12.4. The van der Waals surface area contributed by atoms with E-state index in [0.29, 0.717) is 44.7 Å². The molecular weight excluding hydrogens is 460 g/mol. The molecule has 150 valence electrons. The lowest BCUT2D eigenvalue weighted by Gasteiger charge is -2.12. The van der Waals surface area contributed by atoms with Crippen LogP contribution in [0.15, 0.2) is 62.5 Å². The van der Waals surface area contributed by atoms with Gasteiger partial charge in [-0.05, 0) is 59.3 Å². The van der Waals surface area contributed by atoms with Crippen LogP contribution < -0.4 is 14.9 Å². The van der Waals surface area contributed by atoms with E-state index in [0.717, 1.165) is 5.56 Å². The van der Waals surface area contributed by atoms with Gasteiger partial charge in [-0.2, -0.15) is 5.10 Å². The molecule has 1 aromatic heterocycles. The molecule has 0 aliphatic carbocycles. The molecule has 1 N–H and O–H groups in total. The van der Waals surface area contributed by atoms with E-state index in [1.54, 1.807) is 30.3 Å². The highest BCUT2D eigenvalue weighted by Crippen LogP contribution is 2.36. The van der Waals surface area contributed by atoms with E-state index in [1.807, 2.05) is 25.1 Å². The third kappa shape index (κ3) is 5.19. The van der Waals surface area contributed by atoms with Crippen LogP contribution >= 0.6 is 27.5 Å². The number of halogens is 2. The Morgan fingerprint density at radius 3 is 2.83 bits per heavy atom. The smallest absolute Gasteiger partial charge is 0.271 e. The van der Waals surface area contributed by atoms with Crippen LogP contribution in [0.4, 0.5) is 0 Å². The van der Waals surface area contributed by atoms with Gasteiger partial charge in [-0.25, -0.2) is 5.43 Å². The molecule has 0 unspecified atom stereocenters. The second-order valence-corrected chi connectivity index (χ2v) is 7.12. The number of amides is 1.